The van der Waals surface area contributed by atoms with Crippen LogP contribution in [0.15, 0.2) is 18.2 Å². The molecule has 0 heterocycles. The molecule has 0 spiro atoms. The predicted molar refractivity (Wildman–Crippen MR) is 73.9 cm³/mol. The standard InChI is InChI=1S/C13H16ClN3O2/c1-19-6-2-3-12(16)13(18)17-10-5-4-9(8-15)11(14)7-10/h4-5,7,12H,2-3,6,16H2,1H3,(H,17,18). The topological polar surface area (TPSA) is 88.1 Å². The summed E-state index contributed by atoms with van der Waals surface area (Å²) in [6.07, 6.45) is 1.27. The molecule has 0 fully saturated rings. The lowest BCUT2D eigenvalue weighted by molar-refractivity contribution is -0.117. The Bertz CT molecular complexity index is 485. The summed E-state index contributed by atoms with van der Waals surface area (Å²) < 4.78 is 4.90. The fourth-order valence-corrected chi connectivity index (χ4v) is 1.72. The number of halogens is 1. The van der Waals surface area contributed by atoms with E-state index in [1.165, 1.54) is 6.07 Å². The van der Waals surface area contributed by atoms with Gasteiger partial charge in [0.05, 0.1) is 16.6 Å². The molecule has 0 aromatic heterocycles. The highest BCUT2D eigenvalue weighted by atomic mass is 35.5. The van der Waals surface area contributed by atoms with Gasteiger partial charge in [-0.3, -0.25) is 4.79 Å². The Labute approximate surface area is 117 Å². The van der Waals surface area contributed by atoms with Crippen LogP contribution in [-0.4, -0.2) is 25.7 Å². The molecule has 0 saturated carbocycles. The van der Waals surface area contributed by atoms with Gasteiger partial charge >= 0.3 is 0 Å². The molecule has 102 valence electrons. The molecule has 6 heteroatoms. The van der Waals surface area contributed by atoms with E-state index in [4.69, 9.17) is 27.3 Å². The molecule has 1 unspecified atom stereocenters. The van der Waals surface area contributed by atoms with E-state index in [-0.39, 0.29) is 5.91 Å². The lowest BCUT2D eigenvalue weighted by Gasteiger charge is -2.12. The minimum atomic E-state index is -0.593. The quantitative estimate of drug-likeness (QED) is 0.780. The van der Waals surface area contributed by atoms with Crippen molar-refractivity contribution < 1.29 is 9.53 Å². The maximum atomic E-state index is 11.8. The van der Waals surface area contributed by atoms with Crippen molar-refractivity contribution in [2.75, 3.05) is 19.0 Å². The number of nitrogens with one attached hydrogen (secondary N) is 1. The highest BCUT2D eigenvalue weighted by molar-refractivity contribution is 6.32. The molecule has 0 aliphatic rings. The summed E-state index contributed by atoms with van der Waals surface area (Å²) in [5.74, 6) is -0.281. The third kappa shape index (κ3) is 4.87. The molecule has 5 nitrogen and oxygen atoms in total. The number of anilines is 1. The number of carbonyl (C=O) groups excluding carboxylic acids is 1. The van der Waals surface area contributed by atoms with Crippen LogP contribution in [0.2, 0.25) is 5.02 Å². The first kappa shape index (κ1) is 15.4. The molecule has 1 atom stereocenters. The summed E-state index contributed by atoms with van der Waals surface area (Å²) in [7, 11) is 1.60. The summed E-state index contributed by atoms with van der Waals surface area (Å²) in [5.41, 5.74) is 6.64. The zero-order valence-electron chi connectivity index (χ0n) is 10.6. The fraction of sp³-hybridized carbons (Fsp3) is 0.385. The number of nitrogens with zero attached hydrogens (tertiary/aromatic N) is 1. The minimum absolute atomic E-state index is 0.281. The van der Waals surface area contributed by atoms with Crippen molar-refractivity contribution >= 4 is 23.2 Å². The summed E-state index contributed by atoms with van der Waals surface area (Å²) in [6.45, 7) is 0.573. The summed E-state index contributed by atoms with van der Waals surface area (Å²) in [6, 6.07) is 6.05. The molecule has 3 N–H and O–H groups in total. The number of hydrogen-bond acceptors (Lipinski definition) is 4. The number of nitriles is 1. The molecular weight excluding hydrogens is 266 g/mol. The number of nitrogens with two attached hydrogens (primary N) is 1. The second kappa shape index (κ2) is 7.74. The molecule has 0 aliphatic carbocycles. The number of rotatable bonds is 6. The van der Waals surface area contributed by atoms with Gasteiger partial charge in [-0.25, -0.2) is 0 Å². The van der Waals surface area contributed by atoms with Gasteiger partial charge in [-0.1, -0.05) is 11.6 Å². The van der Waals surface area contributed by atoms with Gasteiger partial charge in [-0.15, -0.1) is 0 Å². The number of amides is 1. The fourth-order valence-electron chi connectivity index (χ4n) is 1.50. The molecular formula is C13H16ClN3O2. The van der Waals surface area contributed by atoms with Crippen LogP contribution in [0.1, 0.15) is 18.4 Å². The molecule has 0 saturated heterocycles. The van der Waals surface area contributed by atoms with Crippen molar-refractivity contribution in [1.29, 1.82) is 5.26 Å². The third-order valence-corrected chi connectivity index (χ3v) is 2.87. The van der Waals surface area contributed by atoms with Crippen molar-refractivity contribution in [3.05, 3.63) is 28.8 Å². The SMILES string of the molecule is COCCCC(N)C(=O)Nc1ccc(C#N)c(Cl)c1. The summed E-state index contributed by atoms with van der Waals surface area (Å²) in [5, 5.41) is 11.7. The van der Waals surface area contributed by atoms with Gasteiger partial charge < -0.3 is 15.8 Å². The Morgan fingerprint density at radius 1 is 1.63 bits per heavy atom. The molecule has 19 heavy (non-hydrogen) atoms. The van der Waals surface area contributed by atoms with E-state index in [9.17, 15) is 4.79 Å². The Hall–Kier alpha value is -1.61. The van der Waals surface area contributed by atoms with Crippen molar-refractivity contribution in [2.45, 2.75) is 18.9 Å². The largest absolute Gasteiger partial charge is 0.385 e. The van der Waals surface area contributed by atoms with Gasteiger partial charge in [-0.2, -0.15) is 5.26 Å². The highest BCUT2D eigenvalue weighted by Crippen LogP contribution is 2.20. The van der Waals surface area contributed by atoms with E-state index < -0.39 is 6.04 Å². The monoisotopic (exact) mass is 281 g/mol. The van der Waals surface area contributed by atoms with E-state index in [1.807, 2.05) is 6.07 Å². The number of benzene rings is 1. The van der Waals surface area contributed by atoms with Crippen LogP contribution >= 0.6 is 11.6 Å². The number of carbonyl (C=O) groups is 1. The van der Waals surface area contributed by atoms with E-state index in [0.29, 0.717) is 29.3 Å². The van der Waals surface area contributed by atoms with Crippen molar-refractivity contribution in [2.24, 2.45) is 5.73 Å². The summed E-state index contributed by atoms with van der Waals surface area (Å²) >= 11 is 5.87. The Balaban J connectivity index is 2.57. The van der Waals surface area contributed by atoms with Crippen LogP contribution in [0.4, 0.5) is 5.69 Å². The van der Waals surface area contributed by atoms with Crippen molar-refractivity contribution in [3.8, 4) is 6.07 Å². The zero-order valence-corrected chi connectivity index (χ0v) is 11.4. The highest BCUT2D eigenvalue weighted by Gasteiger charge is 2.13. The van der Waals surface area contributed by atoms with Gasteiger partial charge in [0.1, 0.15) is 6.07 Å². The zero-order chi connectivity index (χ0) is 14.3. The lowest BCUT2D eigenvalue weighted by atomic mass is 10.1. The van der Waals surface area contributed by atoms with Crippen LogP contribution in [0.3, 0.4) is 0 Å². The Kier molecular flexibility index (Phi) is 6.30. The van der Waals surface area contributed by atoms with Gasteiger partial charge in [0.15, 0.2) is 0 Å². The number of methoxy groups -OCH3 is 1. The van der Waals surface area contributed by atoms with Crippen LogP contribution in [0.5, 0.6) is 0 Å². The van der Waals surface area contributed by atoms with Crippen molar-refractivity contribution in [3.63, 3.8) is 0 Å². The smallest absolute Gasteiger partial charge is 0.241 e. The molecule has 1 aromatic carbocycles. The van der Waals surface area contributed by atoms with Gasteiger partial charge in [0.2, 0.25) is 5.91 Å². The van der Waals surface area contributed by atoms with Gasteiger partial charge in [0, 0.05) is 19.4 Å². The third-order valence-electron chi connectivity index (χ3n) is 2.56. The van der Waals surface area contributed by atoms with Gasteiger partial charge in [0.25, 0.3) is 0 Å². The summed E-state index contributed by atoms with van der Waals surface area (Å²) in [4.78, 5) is 11.8. The van der Waals surface area contributed by atoms with Crippen LogP contribution in [0, 0.1) is 11.3 Å². The first-order valence-corrected chi connectivity index (χ1v) is 6.21. The average molecular weight is 282 g/mol. The van der Waals surface area contributed by atoms with E-state index in [2.05, 4.69) is 5.32 Å². The Morgan fingerprint density at radius 3 is 2.95 bits per heavy atom. The number of ether oxygens (including phenoxy) is 1. The molecule has 0 aliphatic heterocycles. The lowest BCUT2D eigenvalue weighted by Crippen LogP contribution is -2.35. The van der Waals surface area contributed by atoms with Crippen LogP contribution < -0.4 is 11.1 Å². The maximum absolute atomic E-state index is 11.8. The molecule has 0 bridgehead atoms. The molecule has 1 amide bonds. The van der Waals surface area contributed by atoms with Crippen molar-refractivity contribution in [1.82, 2.24) is 0 Å². The van der Waals surface area contributed by atoms with Gasteiger partial charge in [-0.05, 0) is 31.0 Å². The molecule has 0 radical (unpaired) electrons. The maximum Gasteiger partial charge on any atom is 0.241 e. The van der Waals surface area contributed by atoms with E-state index in [1.54, 1.807) is 19.2 Å². The second-order valence-electron chi connectivity index (χ2n) is 4.04. The molecule has 1 aromatic rings. The van der Waals surface area contributed by atoms with E-state index in [0.717, 1.165) is 6.42 Å². The second-order valence-corrected chi connectivity index (χ2v) is 4.44. The average Bonchev–Trinajstić information content (AvgIpc) is 2.39. The first-order chi connectivity index (χ1) is 9.08. The molecule has 1 rings (SSSR count). The normalized spacial score (nSPS) is 11.7. The van der Waals surface area contributed by atoms with Crippen LogP contribution in [0.25, 0.3) is 0 Å². The minimum Gasteiger partial charge on any atom is -0.385 e. The first-order valence-electron chi connectivity index (χ1n) is 5.83. The van der Waals surface area contributed by atoms with E-state index >= 15 is 0 Å². The Morgan fingerprint density at radius 2 is 2.37 bits per heavy atom. The number of hydrogen-bond donors (Lipinski definition) is 2. The predicted octanol–water partition coefficient (Wildman–Crippen LogP) is 1.90. The van der Waals surface area contributed by atoms with Crippen LogP contribution in [-0.2, 0) is 9.53 Å².